The van der Waals surface area contributed by atoms with Gasteiger partial charge >= 0.3 is 17.1 Å². The molecule has 0 radical (unpaired) electrons. The molecule has 0 aromatic carbocycles. The molecule has 0 saturated carbocycles. The van der Waals surface area contributed by atoms with Gasteiger partial charge in [-0.25, -0.2) is 0 Å². The molecule has 0 spiro atoms. The summed E-state index contributed by atoms with van der Waals surface area (Å²) in [5.74, 6) is 0. The van der Waals surface area contributed by atoms with E-state index in [1.807, 2.05) is 13.1 Å². The first-order chi connectivity index (χ1) is 6.40. The molecule has 86 valence electrons. The first-order valence-electron chi connectivity index (χ1n) is 4.60. The lowest BCUT2D eigenvalue weighted by atomic mass is 10.9. The van der Waals surface area contributed by atoms with Crippen LogP contribution >= 0.6 is 0 Å². The number of rotatable bonds is 6. The quantitative estimate of drug-likeness (QED) is 0.659. The van der Waals surface area contributed by atoms with Crippen LogP contribution in [-0.2, 0) is 17.7 Å². The molecule has 0 aliphatic carbocycles. The van der Waals surface area contributed by atoms with Crippen LogP contribution < -0.4 is 0 Å². The summed E-state index contributed by atoms with van der Waals surface area (Å²) in [4.78, 5) is 0. The van der Waals surface area contributed by atoms with E-state index in [2.05, 4.69) is 6.92 Å². The van der Waals surface area contributed by atoms with Crippen LogP contribution in [-0.4, -0.2) is 45.6 Å². The van der Waals surface area contributed by atoms with Crippen molar-refractivity contribution in [1.82, 2.24) is 0 Å². The van der Waals surface area contributed by atoms with E-state index in [4.69, 9.17) is 17.7 Å². The molecule has 0 atom stereocenters. The second-order valence-electron chi connectivity index (χ2n) is 3.57. The van der Waals surface area contributed by atoms with Gasteiger partial charge in [0.25, 0.3) is 0 Å². The molecule has 14 heavy (non-hydrogen) atoms. The monoisotopic (exact) mass is 238 g/mol. The molecule has 0 fully saturated rings. The van der Waals surface area contributed by atoms with Crippen molar-refractivity contribution in [2.45, 2.75) is 25.2 Å². The highest BCUT2D eigenvalue weighted by atomic mass is 28.4. The highest BCUT2D eigenvalue weighted by molar-refractivity contribution is 6.87. The predicted octanol–water partition coefficient (Wildman–Crippen LogP) is 1.65. The summed E-state index contributed by atoms with van der Waals surface area (Å²) in [6, 6.07) is 0. The van der Waals surface area contributed by atoms with Gasteiger partial charge in [-0.3, -0.25) is 0 Å². The smallest absolute Gasteiger partial charge is 0.339 e. The van der Waals surface area contributed by atoms with Crippen LogP contribution in [0.2, 0.25) is 18.3 Å². The van der Waals surface area contributed by atoms with Gasteiger partial charge in [-0.2, -0.15) is 0 Å². The van der Waals surface area contributed by atoms with Crippen molar-refractivity contribution < 1.29 is 17.7 Å². The maximum Gasteiger partial charge on any atom is 0.339 e. The molecular weight excluding hydrogens is 216 g/mol. The Morgan fingerprint density at radius 1 is 0.714 bits per heavy atom. The largest absolute Gasteiger partial charge is 0.398 e. The molecule has 0 aliphatic rings. The SMILES string of the molecule is CO[Si](C)(OC)C(C)[Si](C)(OC)OC. The van der Waals surface area contributed by atoms with E-state index in [1.165, 1.54) is 0 Å². The summed E-state index contributed by atoms with van der Waals surface area (Å²) < 4.78 is 22.0. The van der Waals surface area contributed by atoms with Crippen LogP contribution in [0.4, 0.5) is 0 Å². The van der Waals surface area contributed by atoms with E-state index < -0.39 is 17.1 Å². The van der Waals surface area contributed by atoms with Crippen molar-refractivity contribution in [2.75, 3.05) is 28.4 Å². The summed E-state index contributed by atoms with van der Waals surface area (Å²) in [6.45, 7) is 6.14. The lowest BCUT2D eigenvalue weighted by Gasteiger charge is -2.37. The minimum atomic E-state index is -2.17. The molecule has 0 aliphatic heterocycles. The molecule has 0 saturated heterocycles. The van der Waals surface area contributed by atoms with Crippen molar-refractivity contribution in [2.24, 2.45) is 0 Å². The number of hydrogen-bond donors (Lipinski definition) is 0. The zero-order chi connectivity index (χ0) is 11.4. The summed E-state index contributed by atoms with van der Waals surface area (Å²) in [6.07, 6.45) is 0. The zero-order valence-electron chi connectivity index (χ0n) is 10.2. The third-order valence-electron chi connectivity index (χ3n) is 3.19. The Morgan fingerprint density at radius 2 is 0.929 bits per heavy atom. The van der Waals surface area contributed by atoms with E-state index in [0.717, 1.165) is 0 Å². The van der Waals surface area contributed by atoms with Gasteiger partial charge in [0.05, 0.1) is 0 Å². The van der Waals surface area contributed by atoms with Gasteiger partial charge in [-0.1, -0.05) is 6.92 Å². The Balaban J connectivity index is 4.80. The summed E-state index contributed by atoms with van der Waals surface area (Å²) in [5, 5.41) is 0.208. The molecule has 0 amide bonds. The minimum absolute atomic E-state index is 0.208. The van der Waals surface area contributed by atoms with E-state index in [1.54, 1.807) is 28.4 Å². The Hall–Kier alpha value is 0.274. The van der Waals surface area contributed by atoms with Gasteiger partial charge in [-0.15, -0.1) is 0 Å². The molecule has 0 rings (SSSR count). The van der Waals surface area contributed by atoms with Gasteiger partial charge in [-0.05, 0) is 13.1 Å². The van der Waals surface area contributed by atoms with Crippen LogP contribution in [0.15, 0.2) is 0 Å². The van der Waals surface area contributed by atoms with Crippen LogP contribution in [0.5, 0.6) is 0 Å². The van der Waals surface area contributed by atoms with Crippen molar-refractivity contribution in [3.8, 4) is 0 Å². The molecule has 4 nitrogen and oxygen atoms in total. The Kier molecular flexibility index (Phi) is 5.49. The second kappa shape index (κ2) is 5.38. The molecule has 0 heterocycles. The maximum absolute atomic E-state index is 5.49. The van der Waals surface area contributed by atoms with Crippen LogP contribution in [0, 0.1) is 0 Å². The van der Waals surface area contributed by atoms with Gasteiger partial charge in [0.1, 0.15) is 0 Å². The fourth-order valence-corrected chi connectivity index (χ4v) is 8.32. The summed E-state index contributed by atoms with van der Waals surface area (Å²) in [7, 11) is 2.41. The van der Waals surface area contributed by atoms with Crippen molar-refractivity contribution in [1.29, 1.82) is 0 Å². The van der Waals surface area contributed by atoms with Crippen molar-refractivity contribution >= 4 is 17.1 Å². The maximum atomic E-state index is 5.49. The summed E-state index contributed by atoms with van der Waals surface area (Å²) >= 11 is 0. The van der Waals surface area contributed by atoms with E-state index >= 15 is 0 Å². The van der Waals surface area contributed by atoms with E-state index in [-0.39, 0.29) is 5.16 Å². The fourth-order valence-electron chi connectivity index (χ4n) is 1.35. The Labute approximate surface area is 89.0 Å². The van der Waals surface area contributed by atoms with Gasteiger partial charge in [0.15, 0.2) is 0 Å². The molecule has 0 aromatic rings. The molecule has 0 N–H and O–H groups in total. The van der Waals surface area contributed by atoms with Crippen LogP contribution in [0.3, 0.4) is 0 Å². The van der Waals surface area contributed by atoms with Gasteiger partial charge in [0, 0.05) is 33.6 Å². The normalized spacial score (nSPS) is 13.7. The third-order valence-corrected chi connectivity index (χ3v) is 12.7. The third kappa shape index (κ3) is 2.65. The standard InChI is InChI=1S/C8H22O4Si2/c1-8(13(6,9-2)10-3)14(7,11-4)12-5/h8H,1-7H3. The second-order valence-corrected chi connectivity index (χ2v) is 11.6. The highest BCUT2D eigenvalue weighted by Crippen LogP contribution is 2.32. The molecular formula is C8H22O4Si2. The fraction of sp³-hybridized carbons (Fsp3) is 1.00. The molecule has 6 heteroatoms. The molecule has 0 bridgehead atoms. The molecule has 0 aromatic heterocycles. The molecule has 0 unspecified atom stereocenters. The first-order valence-corrected chi connectivity index (χ1v) is 9.39. The van der Waals surface area contributed by atoms with Crippen LogP contribution in [0.1, 0.15) is 6.92 Å². The highest BCUT2D eigenvalue weighted by Gasteiger charge is 2.51. The lowest BCUT2D eigenvalue weighted by Crippen LogP contribution is -2.55. The summed E-state index contributed by atoms with van der Waals surface area (Å²) in [5.41, 5.74) is 0. The van der Waals surface area contributed by atoms with Gasteiger partial charge < -0.3 is 17.7 Å². The van der Waals surface area contributed by atoms with E-state index in [0.29, 0.717) is 0 Å². The average Bonchev–Trinajstić information content (AvgIpc) is 2.25. The van der Waals surface area contributed by atoms with E-state index in [9.17, 15) is 0 Å². The topological polar surface area (TPSA) is 36.9 Å². The van der Waals surface area contributed by atoms with Crippen LogP contribution in [0.25, 0.3) is 0 Å². The predicted molar refractivity (Wildman–Crippen MR) is 60.7 cm³/mol. The number of hydrogen-bond acceptors (Lipinski definition) is 4. The first kappa shape index (κ1) is 14.3. The van der Waals surface area contributed by atoms with Gasteiger partial charge in [0.2, 0.25) is 0 Å². The minimum Gasteiger partial charge on any atom is -0.398 e. The lowest BCUT2D eigenvalue weighted by molar-refractivity contribution is 0.212. The van der Waals surface area contributed by atoms with Crippen molar-refractivity contribution in [3.63, 3.8) is 0 Å². The Bertz CT molecular complexity index is 151. The zero-order valence-corrected chi connectivity index (χ0v) is 12.2. The average molecular weight is 238 g/mol. The Morgan fingerprint density at radius 3 is 1.07 bits per heavy atom. The van der Waals surface area contributed by atoms with Crippen molar-refractivity contribution in [3.05, 3.63) is 0 Å².